The summed E-state index contributed by atoms with van der Waals surface area (Å²) in [7, 11) is 0. The van der Waals surface area contributed by atoms with Gasteiger partial charge in [0.1, 0.15) is 6.54 Å². The number of rotatable bonds is 24. The number of para-hydroxylation sites is 1. The van der Waals surface area contributed by atoms with E-state index in [1.54, 1.807) is 0 Å². The second kappa shape index (κ2) is 25.6. The van der Waals surface area contributed by atoms with Crippen molar-refractivity contribution in [3.8, 4) is 5.75 Å². The molecule has 0 heterocycles. The van der Waals surface area contributed by atoms with Crippen LogP contribution in [0.15, 0.2) is 24.3 Å². The molecule has 0 radical (unpaired) electrons. The average Bonchev–Trinajstić information content (AvgIpc) is 2.92. The smallest absolute Gasteiger partial charge is 0.335 e. The third-order valence-corrected chi connectivity index (χ3v) is 7.27. The Labute approximate surface area is 232 Å². The van der Waals surface area contributed by atoms with Crippen molar-refractivity contribution >= 4 is 5.97 Å². The molecule has 1 aromatic carbocycles. The van der Waals surface area contributed by atoms with Crippen LogP contribution in [0.4, 0.5) is 0 Å². The molecule has 1 atom stereocenters. The van der Waals surface area contributed by atoms with Crippen LogP contribution in [0.5, 0.6) is 5.75 Å². The molecule has 0 saturated heterocycles. The van der Waals surface area contributed by atoms with Crippen LogP contribution in [0.1, 0.15) is 126 Å². The van der Waals surface area contributed by atoms with Crippen molar-refractivity contribution in [2.75, 3.05) is 39.6 Å². The van der Waals surface area contributed by atoms with Gasteiger partial charge in [0.15, 0.2) is 6.73 Å². The van der Waals surface area contributed by atoms with E-state index in [2.05, 4.69) is 6.92 Å². The third kappa shape index (κ3) is 19.4. The van der Waals surface area contributed by atoms with Crippen molar-refractivity contribution in [2.24, 2.45) is 0 Å². The summed E-state index contributed by atoms with van der Waals surface area (Å²) < 4.78 is 0.537. The number of benzene rings is 1. The van der Waals surface area contributed by atoms with Gasteiger partial charge in [-0.05, 0) is 18.9 Å². The fraction of sp³-hybridized carbons (Fsp3) is 0.774. The molecule has 1 unspecified atom stereocenters. The maximum absolute atomic E-state index is 10.7. The van der Waals surface area contributed by atoms with Crippen molar-refractivity contribution in [3.63, 3.8) is 0 Å². The Bertz CT molecular complexity index is 672. The zero-order valence-electron chi connectivity index (χ0n) is 24.1. The van der Waals surface area contributed by atoms with Gasteiger partial charge in [-0.25, -0.2) is 4.79 Å². The van der Waals surface area contributed by atoms with E-state index in [-0.39, 0.29) is 25.5 Å². The molecule has 0 fully saturated rings. The van der Waals surface area contributed by atoms with E-state index >= 15 is 0 Å². The Morgan fingerprint density at radius 1 is 0.658 bits per heavy atom. The molecule has 0 aliphatic carbocycles. The van der Waals surface area contributed by atoms with E-state index in [4.69, 9.17) is 10.2 Å². The van der Waals surface area contributed by atoms with Crippen LogP contribution in [0.25, 0.3) is 0 Å². The first-order valence-corrected chi connectivity index (χ1v) is 15.1. The number of carbonyl (C=O) groups is 1. The van der Waals surface area contributed by atoms with Gasteiger partial charge in [-0.1, -0.05) is 121 Å². The summed E-state index contributed by atoms with van der Waals surface area (Å²) in [6, 6.07) is 5.54. The number of carboxylic acid groups (broad SMARTS) is 1. The molecule has 0 aliphatic rings. The van der Waals surface area contributed by atoms with Gasteiger partial charge in [-0.2, -0.15) is 0 Å². The predicted octanol–water partition coefficient (Wildman–Crippen LogP) is 5.85. The molecule has 1 rings (SSSR count). The Morgan fingerprint density at radius 2 is 1.11 bits per heavy atom. The van der Waals surface area contributed by atoms with Crippen molar-refractivity contribution < 1.29 is 34.8 Å². The van der Waals surface area contributed by atoms with E-state index in [0.29, 0.717) is 17.4 Å². The minimum absolute atomic E-state index is 0.0688. The molecule has 4 N–H and O–H groups in total. The highest BCUT2D eigenvalue weighted by atomic mass is 16.4. The molecule has 1 aromatic rings. The van der Waals surface area contributed by atoms with Gasteiger partial charge < -0.3 is 25.5 Å². The van der Waals surface area contributed by atoms with Crippen LogP contribution in [0.3, 0.4) is 0 Å². The molecule has 0 bridgehead atoms. The number of carboxylic acids is 1. The number of nitrogens with zero attached hydrogens (tertiary/aromatic N) is 1. The first-order chi connectivity index (χ1) is 18.5. The van der Waals surface area contributed by atoms with Gasteiger partial charge in [0.05, 0.1) is 25.3 Å². The van der Waals surface area contributed by atoms with Crippen LogP contribution >= 0.6 is 0 Å². The normalized spacial score (nSPS) is 12.5. The number of hydrogen-bond acceptors (Lipinski definition) is 5. The summed E-state index contributed by atoms with van der Waals surface area (Å²) in [6.45, 7) is 4.87. The second-order valence-electron chi connectivity index (χ2n) is 10.6. The predicted molar refractivity (Wildman–Crippen MR) is 153 cm³/mol. The van der Waals surface area contributed by atoms with Crippen molar-refractivity contribution in [1.29, 1.82) is 0 Å². The highest BCUT2D eigenvalue weighted by molar-refractivity contribution is 5.90. The van der Waals surface area contributed by atoms with Gasteiger partial charge in [0.25, 0.3) is 0 Å². The minimum atomic E-state index is -1.18. The average molecular weight is 540 g/mol. The lowest BCUT2D eigenvalue weighted by atomic mass is 10.0. The Kier molecular flexibility index (Phi) is 24.5. The summed E-state index contributed by atoms with van der Waals surface area (Å²) in [5.74, 6) is -1.62. The standard InChI is InChI=1S/C24H52NO3.C7H6O3/c1-2-3-4-5-6-7-8-9-10-11-12-13-14-15-16-17-19-25(24-28,21-23-27)20-18-22-26;8-6-4-2-1-3-5(6)7(9)10/h26-28H,2-24H2,1H3;1-4,8H,(H,9,10)/q+1;/p-1. The van der Waals surface area contributed by atoms with Crippen molar-refractivity contribution in [3.05, 3.63) is 29.8 Å². The van der Waals surface area contributed by atoms with E-state index in [1.165, 1.54) is 121 Å². The molecule has 0 spiro atoms. The zero-order chi connectivity index (χ0) is 28.3. The largest absolute Gasteiger partial charge is 0.872 e. The number of quaternary nitrogens is 1. The van der Waals surface area contributed by atoms with E-state index in [0.717, 1.165) is 19.5 Å². The fourth-order valence-electron chi connectivity index (χ4n) is 4.80. The van der Waals surface area contributed by atoms with E-state index in [9.17, 15) is 20.1 Å². The maximum atomic E-state index is 10.7. The van der Waals surface area contributed by atoms with Gasteiger partial charge in [-0.3, -0.25) is 4.48 Å². The Balaban J connectivity index is 0.00000113. The summed E-state index contributed by atoms with van der Waals surface area (Å²) in [6.07, 6.45) is 22.5. The molecular weight excluding hydrogens is 482 g/mol. The van der Waals surface area contributed by atoms with Gasteiger partial charge in [0, 0.05) is 13.0 Å². The van der Waals surface area contributed by atoms with Crippen molar-refractivity contribution in [1.82, 2.24) is 0 Å². The number of aliphatic hydroxyl groups is 3. The monoisotopic (exact) mass is 539 g/mol. The van der Waals surface area contributed by atoms with Gasteiger partial charge >= 0.3 is 5.97 Å². The van der Waals surface area contributed by atoms with Crippen LogP contribution in [0, 0.1) is 0 Å². The Hall–Kier alpha value is -1.67. The fourth-order valence-corrected chi connectivity index (χ4v) is 4.80. The topological polar surface area (TPSA) is 121 Å². The summed E-state index contributed by atoms with van der Waals surface area (Å²) in [5.41, 5.74) is -0.178. The molecular formula is C31H57NO6. The molecule has 0 saturated carbocycles. The van der Waals surface area contributed by atoms with Gasteiger partial charge in [-0.15, -0.1) is 0 Å². The number of aromatic carboxylic acids is 1. The lowest BCUT2D eigenvalue weighted by molar-refractivity contribution is -0.945. The molecule has 0 amide bonds. The zero-order valence-corrected chi connectivity index (χ0v) is 24.1. The molecule has 0 aliphatic heterocycles. The van der Waals surface area contributed by atoms with Crippen LogP contribution in [-0.2, 0) is 0 Å². The lowest BCUT2D eigenvalue weighted by Crippen LogP contribution is -2.52. The first kappa shape index (κ1) is 36.3. The number of aliphatic hydroxyl groups excluding tert-OH is 3. The molecule has 7 nitrogen and oxygen atoms in total. The first-order valence-electron chi connectivity index (χ1n) is 15.1. The van der Waals surface area contributed by atoms with Crippen LogP contribution < -0.4 is 5.11 Å². The van der Waals surface area contributed by atoms with E-state index < -0.39 is 11.7 Å². The summed E-state index contributed by atoms with van der Waals surface area (Å²) in [4.78, 5) is 10.2. The molecule has 222 valence electrons. The van der Waals surface area contributed by atoms with Crippen molar-refractivity contribution in [2.45, 2.75) is 116 Å². The second-order valence-corrected chi connectivity index (χ2v) is 10.6. The minimum Gasteiger partial charge on any atom is -0.872 e. The quantitative estimate of drug-likeness (QED) is 0.0743. The molecule has 0 aromatic heterocycles. The SMILES string of the molecule is CCCCCCCCCCCCCCCCCC[N+](CO)(CCO)CCCO.O=C(O)c1ccccc1[O-]. The van der Waals surface area contributed by atoms with E-state index in [1.807, 2.05) is 0 Å². The highest BCUT2D eigenvalue weighted by Crippen LogP contribution is 2.15. The highest BCUT2D eigenvalue weighted by Gasteiger charge is 2.24. The molecule has 7 heteroatoms. The number of hydrogen-bond donors (Lipinski definition) is 4. The van der Waals surface area contributed by atoms with Crippen LogP contribution in [0.2, 0.25) is 0 Å². The summed E-state index contributed by atoms with van der Waals surface area (Å²) in [5, 5.41) is 47.1. The Morgan fingerprint density at radius 3 is 1.47 bits per heavy atom. The number of unbranched alkanes of at least 4 members (excludes halogenated alkanes) is 15. The maximum Gasteiger partial charge on any atom is 0.335 e. The third-order valence-electron chi connectivity index (χ3n) is 7.27. The van der Waals surface area contributed by atoms with Gasteiger partial charge in [0.2, 0.25) is 0 Å². The summed E-state index contributed by atoms with van der Waals surface area (Å²) >= 11 is 0. The molecule has 38 heavy (non-hydrogen) atoms. The van der Waals surface area contributed by atoms with Crippen LogP contribution in [-0.4, -0.2) is 70.5 Å². The lowest BCUT2D eigenvalue weighted by Gasteiger charge is -2.36.